The second-order valence-corrected chi connectivity index (χ2v) is 6.74. The number of piperazine rings is 1. The SMILES string of the molecule is CC1CN2CCCC2CN1CCC(CO)NC1CC1. The van der Waals surface area contributed by atoms with E-state index in [4.69, 9.17) is 0 Å². The molecular formula is C15H29N3O. The fourth-order valence-corrected chi connectivity index (χ4v) is 3.69. The van der Waals surface area contributed by atoms with Crippen LogP contribution < -0.4 is 5.32 Å². The Labute approximate surface area is 117 Å². The van der Waals surface area contributed by atoms with Crippen LogP contribution in [0.15, 0.2) is 0 Å². The van der Waals surface area contributed by atoms with Gasteiger partial charge in [-0.05, 0) is 45.6 Å². The lowest BCUT2D eigenvalue weighted by molar-refractivity contribution is 0.0547. The van der Waals surface area contributed by atoms with Gasteiger partial charge in [-0.3, -0.25) is 9.80 Å². The molecule has 2 heterocycles. The van der Waals surface area contributed by atoms with Crippen LogP contribution in [0.3, 0.4) is 0 Å². The van der Waals surface area contributed by atoms with Gasteiger partial charge in [-0.1, -0.05) is 0 Å². The van der Waals surface area contributed by atoms with Crippen molar-refractivity contribution in [2.75, 3.05) is 32.8 Å². The molecule has 3 aliphatic rings. The van der Waals surface area contributed by atoms with Gasteiger partial charge in [-0.15, -0.1) is 0 Å². The fourth-order valence-electron chi connectivity index (χ4n) is 3.69. The zero-order valence-electron chi connectivity index (χ0n) is 12.2. The topological polar surface area (TPSA) is 38.7 Å². The maximum atomic E-state index is 9.46. The van der Waals surface area contributed by atoms with Crippen molar-refractivity contribution < 1.29 is 5.11 Å². The minimum atomic E-state index is 0.286. The molecule has 19 heavy (non-hydrogen) atoms. The molecule has 0 aromatic rings. The van der Waals surface area contributed by atoms with E-state index in [-0.39, 0.29) is 6.61 Å². The maximum Gasteiger partial charge on any atom is 0.0585 e. The van der Waals surface area contributed by atoms with Crippen LogP contribution in [0.1, 0.15) is 39.0 Å². The first kappa shape index (κ1) is 13.8. The number of fused-ring (bicyclic) bond motifs is 1. The summed E-state index contributed by atoms with van der Waals surface area (Å²) < 4.78 is 0. The van der Waals surface area contributed by atoms with Crippen LogP contribution >= 0.6 is 0 Å². The van der Waals surface area contributed by atoms with E-state index >= 15 is 0 Å². The molecule has 2 aliphatic heterocycles. The average molecular weight is 267 g/mol. The van der Waals surface area contributed by atoms with Crippen LogP contribution in [-0.4, -0.2) is 71.9 Å². The van der Waals surface area contributed by atoms with Crippen molar-refractivity contribution in [3.8, 4) is 0 Å². The van der Waals surface area contributed by atoms with Crippen molar-refractivity contribution in [1.29, 1.82) is 0 Å². The first-order valence-corrected chi connectivity index (χ1v) is 8.11. The zero-order valence-corrected chi connectivity index (χ0v) is 12.2. The van der Waals surface area contributed by atoms with Gasteiger partial charge in [0.25, 0.3) is 0 Å². The number of hydrogen-bond donors (Lipinski definition) is 2. The minimum Gasteiger partial charge on any atom is -0.395 e. The molecule has 4 nitrogen and oxygen atoms in total. The van der Waals surface area contributed by atoms with Gasteiger partial charge in [0.2, 0.25) is 0 Å². The summed E-state index contributed by atoms with van der Waals surface area (Å²) in [5.74, 6) is 0. The highest BCUT2D eigenvalue weighted by Gasteiger charge is 2.34. The monoisotopic (exact) mass is 267 g/mol. The predicted molar refractivity (Wildman–Crippen MR) is 77.3 cm³/mol. The lowest BCUT2D eigenvalue weighted by atomic mass is 10.1. The molecule has 110 valence electrons. The number of aliphatic hydroxyl groups excluding tert-OH is 1. The van der Waals surface area contributed by atoms with E-state index < -0.39 is 0 Å². The Morgan fingerprint density at radius 2 is 2.11 bits per heavy atom. The molecule has 0 amide bonds. The van der Waals surface area contributed by atoms with Gasteiger partial charge in [0.15, 0.2) is 0 Å². The van der Waals surface area contributed by atoms with Crippen molar-refractivity contribution in [1.82, 2.24) is 15.1 Å². The van der Waals surface area contributed by atoms with Crippen molar-refractivity contribution in [2.24, 2.45) is 0 Å². The third-order valence-electron chi connectivity index (χ3n) is 5.10. The molecule has 2 saturated heterocycles. The van der Waals surface area contributed by atoms with Crippen LogP contribution in [0.25, 0.3) is 0 Å². The molecule has 1 aliphatic carbocycles. The Morgan fingerprint density at radius 1 is 1.26 bits per heavy atom. The van der Waals surface area contributed by atoms with Gasteiger partial charge < -0.3 is 10.4 Å². The summed E-state index contributed by atoms with van der Waals surface area (Å²) in [5.41, 5.74) is 0. The Kier molecular flexibility index (Phi) is 4.42. The molecule has 0 spiro atoms. The Bertz CT molecular complexity index is 295. The largest absolute Gasteiger partial charge is 0.395 e. The van der Waals surface area contributed by atoms with E-state index in [2.05, 4.69) is 22.0 Å². The van der Waals surface area contributed by atoms with E-state index in [1.807, 2.05) is 0 Å². The van der Waals surface area contributed by atoms with E-state index in [9.17, 15) is 5.11 Å². The molecule has 4 heteroatoms. The van der Waals surface area contributed by atoms with E-state index in [0.29, 0.717) is 18.1 Å². The van der Waals surface area contributed by atoms with Crippen LogP contribution in [0.4, 0.5) is 0 Å². The summed E-state index contributed by atoms with van der Waals surface area (Å²) in [6, 6.07) is 2.48. The maximum absolute atomic E-state index is 9.46. The Morgan fingerprint density at radius 3 is 2.84 bits per heavy atom. The van der Waals surface area contributed by atoms with Gasteiger partial charge in [0.05, 0.1) is 6.61 Å². The minimum absolute atomic E-state index is 0.286. The molecule has 1 saturated carbocycles. The van der Waals surface area contributed by atoms with Crippen molar-refractivity contribution in [3.63, 3.8) is 0 Å². The van der Waals surface area contributed by atoms with E-state index in [1.54, 1.807) is 0 Å². The van der Waals surface area contributed by atoms with Crippen LogP contribution in [-0.2, 0) is 0 Å². The van der Waals surface area contributed by atoms with E-state index in [0.717, 1.165) is 19.0 Å². The number of hydrogen-bond acceptors (Lipinski definition) is 4. The highest BCUT2D eigenvalue weighted by molar-refractivity contribution is 4.91. The molecule has 3 atom stereocenters. The van der Waals surface area contributed by atoms with E-state index in [1.165, 1.54) is 45.3 Å². The van der Waals surface area contributed by atoms with Crippen molar-refractivity contribution >= 4 is 0 Å². The molecule has 3 unspecified atom stereocenters. The molecule has 3 rings (SSSR count). The van der Waals surface area contributed by atoms with Gasteiger partial charge in [0.1, 0.15) is 0 Å². The number of aliphatic hydroxyl groups is 1. The highest BCUT2D eigenvalue weighted by atomic mass is 16.3. The summed E-state index contributed by atoms with van der Waals surface area (Å²) >= 11 is 0. The smallest absolute Gasteiger partial charge is 0.0585 e. The third kappa shape index (κ3) is 3.48. The fraction of sp³-hybridized carbons (Fsp3) is 1.00. The highest BCUT2D eigenvalue weighted by Crippen LogP contribution is 2.25. The predicted octanol–water partition coefficient (Wildman–Crippen LogP) is 0.658. The quantitative estimate of drug-likeness (QED) is 0.741. The first-order chi connectivity index (χ1) is 9.26. The van der Waals surface area contributed by atoms with Crippen LogP contribution in [0.2, 0.25) is 0 Å². The second kappa shape index (κ2) is 6.08. The average Bonchev–Trinajstić information content (AvgIpc) is 3.11. The lowest BCUT2D eigenvalue weighted by Gasteiger charge is -2.42. The molecule has 0 bridgehead atoms. The number of rotatable bonds is 6. The van der Waals surface area contributed by atoms with Gasteiger partial charge in [-0.25, -0.2) is 0 Å². The third-order valence-corrected chi connectivity index (χ3v) is 5.10. The molecule has 3 fully saturated rings. The molecule has 0 aromatic heterocycles. The van der Waals surface area contributed by atoms with Gasteiger partial charge in [0, 0.05) is 43.8 Å². The first-order valence-electron chi connectivity index (χ1n) is 8.11. The summed E-state index contributed by atoms with van der Waals surface area (Å²) in [6.07, 6.45) is 6.45. The Balaban J connectivity index is 1.45. The molecule has 0 radical (unpaired) electrons. The van der Waals surface area contributed by atoms with Gasteiger partial charge in [-0.2, -0.15) is 0 Å². The number of nitrogens with one attached hydrogen (secondary N) is 1. The zero-order chi connectivity index (χ0) is 13.2. The lowest BCUT2D eigenvalue weighted by Crippen LogP contribution is -2.55. The molecule has 0 aromatic carbocycles. The van der Waals surface area contributed by atoms with Gasteiger partial charge >= 0.3 is 0 Å². The van der Waals surface area contributed by atoms with Crippen LogP contribution in [0.5, 0.6) is 0 Å². The summed E-state index contributed by atoms with van der Waals surface area (Å²) in [7, 11) is 0. The summed E-state index contributed by atoms with van der Waals surface area (Å²) in [6.45, 7) is 7.57. The second-order valence-electron chi connectivity index (χ2n) is 6.74. The van der Waals surface area contributed by atoms with Crippen molar-refractivity contribution in [3.05, 3.63) is 0 Å². The Hall–Kier alpha value is -0.160. The summed E-state index contributed by atoms with van der Waals surface area (Å²) in [5, 5.41) is 13.0. The van der Waals surface area contributed by atoms with Crippen LogP contribution in [0, 0.1) is 0 Å². The van der Waals surface area contributed by atoms with Crippen molar-refractivity contribution in [2.45, 2.75) is 63.2 Å². The number of nitrogens with zero attached hydrogens (tertiary/aromatic N) is 2. The normalized spacial score (nSPS) is 34.4. The molecule has 2 N–H and O–H groups in total. The molecular weight excluding hydrogens is 238 g/mol. The summed E-state index contributed by atoms with van der Waals surface area (Å²) in [4.78, 5) is 5.32. The standard InChI is InChI=1S/C15H29N3O/c1-12-9-18-7-2-3-15(18)10-17(12)8-6-14(11-19)16-13-4-5-13/h12-16,19H,2-11H2,1H3.